The summed E-state index contributed by atoms with van der Waals surface area (Å²) in [4.78, 5) is 4.78. The molecule has 18 rings (SSSR count). The van der Waals surface area contributed by atoms with Gasteiger partial charge in [-0.25, -0.2) is 0 Å². The molecule has 368 valence electrons. The van der Waals surface area contributed by atoms with Crippen molar-refractivity contribution in [3.05, 3.63) is 249 Å². The second-order valence-electron chi connectivity index (χ2n) is 20.6. The Hall–Kier alpha value is -10.8. The van der Waals surface area contributed by atoms with Crippen LogP contribution in [0.4, 0.5) is 34.1 Å². The molecule has 0 aliphatic heterocycles. The highest BCUT2D eigenvalue weighted by Crippen LogP contribution is 2.56. The van der Waals surface area contributed by atoms with Gasteiger partial charge < -0.3 is 31.9 Å². The maximum absolute atomic E-state index is 7.26. The van der Waals surface area contributed by atoms with Gasteiger partial charge in [0.25, 0.3) is 0 Å². The third kappa shape index (κ3) is 5.79. The molecule has 0 saturated carbocycles. The van der Waals surface area contributed by atoms with Gasteiger partial charge in [-0.3, -0.25) is 0 Å². The zero-order chi connectivity index (χ0) is 51.4. The summed E-state index contributed by atoms with van der Waals surface area (Å²) in [5.74, 6) is 0. The molecule has 0 N–H and O–H groups in total. The van der Waals surface area contributed by atoms with Gasteiger partial charge in [0.15, 0.2) is 22.3 Å². The Balaban J connectivity index is 1.02. The molecule has 0 fully saturated rings. The Morgan fingerprint density at radius 1 is 0.253 bits per heavy atom. The summed E-state index contributed by atoms with van der Waals surface area (Å²) in [5, 5.41) is 12.5. The molecular weight excluding hydrogens is 971 g/mol. The van der Waals surface area contributed by atoms with Gasteiger partial charge in [-0.15, -0.1) is 0 Å². The van der Waals surface area contributed by atoms with Gasteiger partial charge in [0.1, 0.15) is 33.4 Å². The number of anilines is 6. The van der Waals surface area contributed by atoms with Crippen LogP contribution in [0.2, 0.25) is 0 Å². The molecule has 0 bridgehead atoms. The molecule has 0 saturated heterocycles. The van der Waals surface area contributed by atoms with E-state index in [-0.39, 0.29) is 0 Å². The maximum Gasteiger partial charge on any atom is 0.160 e. The Morgan fingerprint density at radius 3 is 1.16 bits per heavy atom. The normalized spacial score (nSPS) is 12.3. The Bertz CT molecular complexity index is 5510. The van der Waals surface area contributed by atoms with Crippen LogP contribution >= 0.6 is 0 Å². The lowest BCUT2D eigenvalue weighted by Crippen LogP contribution is -2.11. The number of nitrogens with zero attached hydrogens (tertiary/aromatic N) is 3. The molecule has 0 radical (unpaired) electrons. The maximum atomic E-state index is 7.26. The second kappa shape index (κ2) is 15.9. The van der Waals surface area contributed by atoms with Crippen LogP contribution in [-0.2, 0) is 0 Å². The van der Waals surface area contributed by atoms with Crippen molar-refractivity contribution in [2.24, 2.45) is 0 Å². The quantitative estimate of drug-likeness (QED) is 0.159. The topological polar surface area (TPSA) is 63.5 Å². The molecule has 0 atom stereocenters. The number of fused-ring (bicyclic) bond motifs is 20. The minimum atomic E-state index is 0.791. The number of hydrogen-bond acceptors (Lipinski definition) is 6. The largest absolute Gasteiger partial charge is 0.454 e. The molecular formula is C72H41N3O4. The molecule has 7 heteroatoms. The summed E-state index contributed by atoms with van der Waals surface area (Å²) < 4.78 is 31.1. The second-order valence-corrected chi connectivity index (χ2v) is 20.6. The molecule has 79 heavy (non-hydrogen) atoms. The molecule has 7 nitrogen and oxygen atoms in total. The lowest BCUT2D eigenvalue weighted by Gasteiger charge is -2.27. The summed E-state index contributed by atoms with van der Waals surface area (Å²) in [7, 11) is 0. The van der Waals surface area contributed by atoms with E-state index >= 15 is 0 Å². The van der Waals surface area contributed by atoms with Crippen LogP contribution in [0.3, 0.4) is 0 Å². The first-order valence-corrected chi connectivity index (χ1v) is 26.7. The molecule has 0 aliphatic rings. The third-order valence-electron chi connectivity index (χ3n) is 16.5. The Kier molecular flexibility index (Phi) is 8.54. The number of furan rings is 4. The first kappa shape index (κ1) is 42.5. The molecule has 0 unspecified atom stereocenters. The average molecular weight is 1010 g/mol. The summed E-state index contributed by atoms with van der Waals surface area (Å²) in [6.45, 7) is 0. The lowest BCUT2D eigenvalue weighted by molar-refractivity contribution is 0.669. The smallest absolute Gasteiger partial charge is 0.160 e. The van der Waals surface area contributed by atoms with Crippen molar-refractivity contribution in [1.29, 1.82) is 0 Å². The molecule has 0 spiro atoms. The van der Waals surface area contributed by atoms with Crippen LogP contribution in [0.5, 0.6) is 0 Å². The number of rotatable bonds is 7. The average Bonchev–Trinajstić information content (AvgIpc) is 3.95. The van der Waals surface area contributed by atoms with E-state index in [1.807, 2.05) is 6.07 Å². The fourth-order valence-corrected chi connectivity index (χ4v) is 13.2. The molecule has 18 aromatic rings. The van der Waals surface area contributed by atoms with E-state index in [1.165, 1.54) is 0 Å². The SMILES string of the molecule is c1ccc(-c2cccc3c2oc2c(N(c4ccccc4)c4cc5c6ccccc6oc5c5c4c4cccc6c7c(N(c8ccccc8)c8cccc9c8oc8ccccc89)cc8c9ccccc9oc8c7n5c64)cccc23)cc1. The number of aromatic nitrogens is 1. The predicted octanol–water partition coefficient (Wildman–Crippen LogP) is 21.0. The van der Waals surface area contributed by atoms with Gasteiger partial charge >= 0.3 is 0 Å². The predicted molar refractivity (Wildman–Crippen MR) is 325 cm³/mol. The van der Waals surface area contributed by atoms with Crippen LogP contribution in [0, 0.1) is 0 Å². The van der Waals surface area contributed by atoms with Gasteiger partial charge in [0.2, 0.25) is 0 Å². The first-order valence-electron chi connectivity index (χ1n) is 26.7. The number of hydrogen-bond donors (Lipinski definition) is 0. The van der Waals surface area contributed by atoms with E-state index in [4.69, 9.17) is 17.7 Å². The Morgan fingerprint density at radius 2 is 0.633 bits per heavy atom. The van der Waals surface area contributed by atoms with Crippen molar-refractivity contribution >= 4 is 160 Å². The van der Waals surface area contributed by atoms with Crippen LogP contribution in [0.1, 0.15) is 0 Å². The fraction of sp³-hybridized carbons (Fsp3) is 0. The zero-order valence-electron chi connectivity index (χ0n) is 42.1. The van der Waals surface area contributed by atoms with Crippen molar-refractivity contribution < 1.29 is 17.7 Å². The lowest BCUT2D eigenvalue weighted by atomic mass is 10.00. The summed E-state index contributed by atoms with van der Waals surface area (Å²) in [6.07, 6.45) is 0. The highest BCUT2D eigenvalue weighted by Gasteiger charge is 2.33. The monoisotopic (exact) mass is 1010 g/mol. The van der Waals surface area contributed by atoms with E-state index in [0.29, 0.717) is 0 Å². The van der Waals surface area contributed by atoms with Crippen molar-refractivity contribution in [3.8, 4) is 11.1 Å². The Labute approximate surface area is 449 Å². The van der Waals surface area contributed by atoms with Crippen molar-refractivity contribution in [1.82, 2.24) is 4.40 Å². The van der Waals surface area contributed by atoms with E-state index in [9.17, 15) is 0 Å². The van der Waals surface area contributed by atoms with E-state index in [1.54, 1.807) is 0 Å². The van der Waals surface area contributed by atoms with E-state index in [2.05, 4.69) is 257 Å². The van der Waals surface area contributed by atoms with Crippen LogP contribution < -0.4 is 9.80 Å². The van der Waals surface area contributed by atoms with Gasteiger partial charge in [-0.05, 0) is 72.3 Å². The van der Waals surface area contributed by atoms with Crippen LogP contribution in [0.15, 0.2) is 266 Å². The summed E-state index contributed by atoms with van der Waals surface area (Å²) in [5.41, 5.74) is 17.4. The van der Waals surface area contributed by atoms with Gasteiger partial charge in [0, 0.05) is 81.6 Å². The van der Waals surface area contributed by atoms with E-state index in [0.717, 1.165) is 171 Å². The summed E-state index contributed by atoms with van der Waals surface area (Å²) in [6, 6.07) is 87.9. The zero-order valence-corrected chi connectivity index (χ0v) is 42.1. The third-order valence-corrected chi connectivity index (χ3v) is 16.5. The molecule has 0 aliphatic carbocycles. The van der Waals surface area contributed by atoms with Gasteiger partial charge in [0.05, 0.1) is 28.3 Å². The van der Waals surface area contributed by atoms with Crippen molar-refractivity contribution in [3.63, 3.8) is 0 Å². The molecule has 6 aromatic heterocycles. The van der Waals surface area contributed by atoms with Crippen molar-refractivity contribution in [2.45, 2.75) is 0 Å². The number of benzene rings is 12. The van der Waals surface area contributed by atoms with Gasteiger partial charge in [-0.1, -0.05) is 182 Å². The van der Waals surface area contributed by atoms with Gasteiger partial charge in [-0.2, -0.15) is 0 Å². The minimum Gasteiger partial charge on any atom is -0.454 e. The van der Waals surface area contributed by atoms with Crippen molar-refractivity contribution in [2.75, 3.05) is 9.80 Å². The molecule has 6 heterocycles. The minimum absolute atomic E-state index is 0.791. The van der Waals surface area contributed by atoms with Crippen LogP contribution in [-0.4, -0.2) is 4.40 Å². The van der Waals surface area contributed by atoms with E-state index < -0.39 is 0 Å². The summed E-state index contributed by atoms with van der Waals surface area (Å²) >= 11 is 0. The number of para-hydroxylation sites is 9. The molecule has 0 amide bonds. The highest BCUT2D eigenvalue weighted by molar-refractivity contribution is 6.36. The molecule has 12 aromatic carbocycles. The fourth-order valence-electron chi connectivity index (χ4n) is 13.2. The standard InChI is InChI=1S/C72H41N3O4/c1-4-20-42(21-5-1)45-29-16-30-50-51-32-19-36-57(70(51)79-68(45)50)74(44-24-8-3-9-25-44)59-41-55-48-28-12-15-39-62(48)78-72(55)67-64(59)53-34-17-33-52-63-58(40-54-47-27-11-14-38-61(47)77-71(54)66(63)75(67)65(52)53)73(43-22-6-2-7-23-43)56-35-18-31-49-46-26-10-13-37-60(46)76-69(49)56/h1-41H. The first-order chi connectivity index (χ1) is 39.2. The van der Waals surface area contributed by atoms with Crippen LogP contribution in [0.25, 0.3) is 137 Å². The highest BCUT2D eigenvalue weighted by atomic mass is 16.3.